The van der Waals surface area contributed by atoms with Crippen molar-refractivity contribution in [1.82, 2.24) is 14.9 Å². The van der Waals surface area contributed by atoms with Gasteiger partial charge in [0.1, 0.15) is 18.0 Å². The van der Waals surface area contributed by atoms with Gasteiger partial charge in [-0.05, 0) is 25.7 Å². The number of anilines is 2. The van der Waals surface area contributed by atoms with Crippen LogP contribution in [0.2, 0.25) is 0 Å². The molecule has 1 aliphatic heterocycles. The van der Waals surface area contributed by atoms with E-state index in [0.29, 0.717) is 18.5 Å². The Kier molecular flexibility index (Phi) is 5.57. The second-order valence-corrected chi connectivity index (χ2v) is 6.51. The zero-order valence-electron chi connectivity index (χ0n) is 14.0. The Labute approximate surface area is 132 Å². The molecule has 1 aliphatic rings. The molecule has 0 bridgehead atoms. The Morgan fingerprint density at radius 2 is 2.00 bits per heavy atom. The lowest BCUT2D eigenvalue weighted by molar-refractivity contribution is -0.129. The van der Waals surface area contributed by atoms with Gasteiger partial charge in [0, 0.05) is 32.2 Å². The van der Waals surface area contributed by atoms with Crippen LogP contribution in [0.3, 0.4) is 0 Å². The Balaban J connectivity index is 1.96. The summed E-state index contributed by atoms with van der Waals surface area (Å²) < 4.78 is 0. The highest BCUT2D eigenvalue weighted by molar-refractivity contribution is 5.82. The molecule has 0 aromatic carbocycles. The summed E-state index contributed by atoms with van der Waals surface area (Å²) in [7, 11) is 1.84. The van der Waals surface area contributed by atoms with E-state index in [2.05, 4.69) is 36.1 Å². The van der Waals surface area contributed by atoms with Crippen LogP contribution in [0.15, 0.2) is 12.4 Å². The maximum absolute atomic E-state index is 11.8. The molecule has 1 amide bonds. The first-order valence-corrected chi connectivity index (χ1v) is 8.03. The van der Waals surface area contributed by atoms with E-state index in [4.69, 9.17) is 0 Å². The van der Waals surface area contributed by atoms with Crippen LogP contribution in [0, 0.1) is 5.92 Å². The van der Waals surface area contributed by atoms with E-state index >= 15 is 0 Å². The first-order valence-electron chi connectivity index (χ1n) is 8.03. The van der Waals surface area contributed by atoms with Gasteiger partial charge in [-0.3, -0.25) is 4.79 Å². The first kappa shape index (κ1) is 16.5. The van der Waals surface area contributed by atoms with Gasteiger partial charge in [-0.1, -0.05) is 13.8 Å². The van der Waals surface area contributed by atoms with Gasteiger partial charge in [-0.25, -0.2) is 9.97 Å². The zero-order chi connectivity index (χ0) is 16.1. The van der Waals surface area contributed by atoms with E-state index < -0.39 is 0 Å². The van der Waals surface area contributed by atoms with E-state index in [-0.39, 0.29) is 5.91 Å². The van der Waals surface area contributed by atoms with Crippen LogP contribution in [0.5, 0.6) is 0 Å². The summed E-state index contributed by atoms with van der Waals surface area (Å²) in [6, 6.07) is 2.31. The van der Waals surface area contributed by atoms with E-state index in [1.165, 1.54) is 6.42 Å². The van der Waals surface area contributed by atoms with Crippen LogP contribution < -0.4 is 10.2 Å². The minimum absolute atomic E-state index is 0.129. The predicted octanol–water partition coefficient (Wildman–Crippen LogP) is 1.99. The van der Waals surface area contributed by atoms with Crippen LogP contribution in [-0.4, -0.2) is 53.5 Å². The van der Waals surface area contributed by atoms with Gasteiger partial charge in [0.05, 0.1) is 6.54 Å². The fourth-order valence-corrected chi connectivity index (χ4v) is 2.46. The monoisotopic (exact) mass is 305 g/mol. The zero-order valence-corrected chi connectivity index (χ0v) is 14.0. The smallest absolute Gasteiger partial charge is 0.241 e. The molecule has 2 rings (SSSR count). The van der Waals surface area contributed by atoms with Crippen molar-refractivity contribution in [2.24, 2.45) is 5.92 Å². The van der Waals surface area contributed by atoms with E-state index in [9.17, 15) is 4.79 Å². The highest BCUT2D eigenvalue weighted by Gasteiger charge is 2.22. The van der Waals surface area contributed by atoms with Crippen molar-refractivity contribution in [3.05, 3.63) is 12.4 Å². The summed E-state index contributed by atoms with van der Waals surface area (Å²) in [5.74, 6) is 2.48. The largest absolute Gasteiger partial charge is 0.367 e. The molecule has 1 atom stereocenters. The van der Waals surface area contributed by atoms with Crippen molar-refractivity contribution < 1.29 is 4.79 Å². The fourth-order valence-electron chi connectivity index (χ4n) is 2.46. The third-order valence-corrected chi connectivity index (χ3v) is 4.01. The van der Waals surface area contributed by atoms with E-state index in [0.717, 1.165) is 31.1 Å². The molecule has 0 spiro atoms. The minimum Gasteiger partial charge on any atom is -0.367 e. The number of hydrogen-bond acceptors (Lipinski definition) is 5. The summed E-state index contributed by atoms with van der Waals surface area (Å²) in [6.45, 7) is 8.57. The lowest BCUT2D eigenvalue weighted by Gasteiger charge is -2.32. The number of nitrogens with zero attached hydrogens (tertiary/aromatic N) is 4. The third kappa shape index (κ3) is 4.58. The third-order valence-electron chi connectivity index (χ3n) is 4.01. The van der Waals surface area contributed by atoms with Crippen molar-refractivity contribution in [3.63, 3.8) is 0 Å². The number of aromatic nitrogens is 2. The molecule has 1 unspecified atom stereocenters. The topological polar surface area (TPSA) is 61.4 Å². The average molecular weight is 305 g/mol. The lowest BCUT2D eigenvalue weighted by atomic mass is 10.0. The number of carbonyl (C=O) groups excluding carboxylic acids is 1. The summed E-state index contributed by atoms with van der Waals surface area (Å²) >= 11 is 0. The molecule has 1 aromatic rings. The number of hydrogen-bond donors (Lipinski definition) is 1. The van der Waals surface area contributed by atoms with Gasteiger partial charge in [-0.15, -0.1) is 0 Å². The van der Waals surface area contributed by atoms with Crippen molar-refractivity contribution in [2.75, 3.05) is 36.9 Å². The van der Waals surface area contributed by atoms with E-state index in [1.807, 2.05) is 18.0 Å². The molecule has 22 heavy (non-hydrogen) atoms. The van der Waals surface area contributed by atoms with Crippen molar-refractivity contribution >= 4 is 17.5 Å². The first-order chi connectivity index (χ1) is 10.5. The maximum Gasteiger partial charge on any atom is 0.241 e. The minimum atomic E-state index is 0.129. The molecule has 0 radical (unpaired) electrons. The van der Waals surface area contributed by atoms with Crippen LogP contribution in [0.4, 0.5) is 11.6 Å². The van der Waals surface area contributed by atoms with Gasteiger partial charge < -0.3 is 15.1 Å². The Bertz CT molecular complexity index is 505. The quantitative estimate of drug-likeness (QED) is 0.871. The molecule has 6 nitrogen and oxygen atoms in total. The number of rotatable bonds is 6. The maximum atomic E-state index is 11.8. The number of piperazine rings is 1. The molecule has 122 valence electrons. The Morgan fingerprint density at radius 3 is 2.68 bits per heavy atom. The average Bonchev–Trinajstić information content (AvgIpc) is 2.48. The highest BCUT2D eigenvalue weighted by Crippen LogP contribution is 2.18. The van der Waals surface area contributed by atoms with Gasteiger partial charge >= 0.3 is 0 Å². The van der Waals surface area contributed by atoms with Crippen molar-refractivity contribution in [1.29, 1.82) is 0 Å². The SMILES string of the molecule is CC(C)CCC(C)Nc1cc(N2CCN(C)C(=O)C2)ncn1. The molecule has 6 heteroatoms. The molecular formula is C16H27N5O. The van der Waals surface area contributed by atoms with Crippen LogP contribution >= 0.6 is 0 Å². The summed E-state index contributed by atoms with van der Waals surface area (Å²) in [6.07, 6.45) is 3.87. The molecule has 1 saturated heterocycles. The molecule has 1 fully saturated rings. The highest BCUT2D eigenvalue weighted by atomic mass is 16.2. The summed E-state index contributed by atoms with van der Waals surface area (Å²) in [5.41, 5.74) is 0. The molecule has 2 heterocycles. The lowest BCUT2D eigenvalue weighted by Crippen LogP contribution is -2.48. The predicted molar refractivity (Wildman–Crippen MR) is 89.0 cm³/mol. The van der Waals surface area contributed by atoms with Gasteiger partial charge in [0.2, 0.25) is 5.91 Å². The number of nitrogens with one attached hydrogen (secondary N) is 1. The summed E-state index contributed by atoms with van der Waals surface area (Å²) in [5, 5.41) is 3.42. The fraction of sp³-hybridized carbons (Fsp3) is 0.688. The number of amides is 1. The molecule has 0 saturated carbocycles. The van der Waals surface area contributed by atoms with Gasteiger partial charge in [0.15, 0.2) is 0 Å². The number of likely N-dealkylation sites (N-methyl/N-ethyl adjacent to an activating group) is 1. The van der Waals surface area contributed by atoms with Crippen molar-refractivity contribution in [3.8, 4) is 0 Å². The van der Waals surface area contributed by atoms with Crippen LogP contribution in [0.25, 0.3) is 0 Å². The number of carbonyl (C=O) groups is 1. The Hall–Kier alpha value is -1.85. The normalized spacial score (nSPS) is 17.0. The van der Waals surface area contributed by atoms with Crippen molar-refractivity contribution in [2.45, 2.75) is 39.7 Å². The van der Waals surface area contributed by atoms with E-state index in [1.54, 1.807) is 11.2 Å². The van der Waals surface area contributed by atoms with Gasteiger partial charge in [-0.2, -0.15) is 0 Å². The second kappa shape index (κ2) is 7.42. The molecule has 0 aliphatic carbocycles. The molecule has 1 N–H and O–H groups in total. The van der Waals surface area contributed by atoms with Crippen LogP contribution in [0.1, 0.15) is 33.6 Å². The second-order valence-electron chi connectivity index (χ2n) is 6.51. The molecular weight excluding hydrogens is 278 g/mol. The standard InChI is InChI=1S/C16H27N5O/c1-12(2)5-6-13(3)19-14-9-15(18-11-17-14)21-8-7-20(4)16(22)10-21/h9,11-13H,5-8,10H2,1-4H3,(H,17,18,19). The Morgan fingerprint density at radius 1 is 1.23 bits per heavy atom. The molecule has 1 aromatic heterocycles. The van der Waals surface area contributed by atoms with Crippen LogP contribution in [-0.2, 0) is 4.79 Å². The van der Waals surface area contributed by atoms with Gasteiger partial charge in [0.25, 0.3) is 0 Å². The summed E-state index contributed by atoms with van der Waals surface area (Å²) in [4.78, 5) is 24.2.